The standard InChI is InChI=1S/C22H38S2/c1-7-9-11-19-13-15-21(17-19)23(3,4)24(5,6)22-16-14-20(18-22)12-10-8-2/h13-18,21-22H,7-12H2,1-6H3. The van der Waals surface area contributed by atoms with E-state index in [1.165, 1.54) is 38.5 Å². The van der Waals surface area contributed by atoms with Crippen LogP contribution < -0.4 is 0 Å². The molecule has 0 saturated carbocycles. The normalized spacial score (nSPS) is 25.1. The smallest absolute Gasteiger partial charge is 0.0324 e. The third-order valence-corrected chi connectivity index (χ3v) is 19.2. The van der Waals surface area contributed by atoms with Gasteiger partial charge < -0.3 is 0 Å². The van der Waals surface area contributed by atoms with E-state index >= 15 is 0 Å². The van der Waals surface area contributed by atoms with Crippen LogP contribution in [0.25, 0.3) is 0 Å². The van der Waals surface area contributed by atoms with E-state index in [1.807, 2.05) is 0 Å². The van der Waals surface area contributed by atoms with Gasteiger partial charge in [0.1, 0.15) is 0 Å². The molecule has 0 fully saturated rings. The fourth-order valence-electron chi connectivity index (χ4n) is 3.46. The van der Waals surface area contributed by atoms with Crippen LogP contribution in [0, 0.1) is 0 Å². The predicted octanol–water partition coefficient (Wildman–Crippen LogP) is 7.14. The van der Waals surface area contributed by atoms with Gasteiger partial charge in [0.2, 0.25) is 0 Å². The maximum absolute atomic E-state index is 2.60. The zero-order valence-corrected chi connectivity index (χ0v) is 18.3. The van der Waals surface area contributed by atoms with Crippen molar-refractivity contribution in [1.82, 2.24) is 0 Å². The van der Waals surface area contributed by atoms with Crippen LogP contribution in [0.15, 0.2) is 47.6 Å². The largest absolute Gasteiger partial charge is 0.205 e. The van der Waals surface area contributed by atoms with E-state index in [4.69, 9.17) is 0 Å². The molecular formula is C22H38S2. The lowest BCUT2D eigenvalue weighted by Gasteiger charge is -2.56. The second-order valence-corrected chi connectivity index (χ2v) is 19.4. The van der Waals surface area contributed by atoms with Crippen LogP contribution in [0.3, 0.4) is 0 Å². The van der Waals surface area contributed by atoms with Crippen molar-refractivity contribution < 1.29 is 0 Å². The molecule has 0 radical (unpaired) electrons. The van der Waals surface area contributed by atoms with Gasteiger partial charge in [-0.2, -0.15) is 0 Å². The molecule has 2 atom stereocenters. The maximum Gasteiger partial charge on any atom is 0.0324 e. The summed E-state index contributed by atoms with van der Waals surface area (Å²) in [6, 6.07) is 0. The van der Waals surface area contributed by atoms with E-state index in [0.29, 0.717) is 10.5 Å². The molecule has 2 aliphatic carbocycles. The van der Waals surface area contributed by atoms with Crippen LogP contribution >= 0.6 is 18.1 Å². The van der Waals surface area contributed by atoms with E-state index in [9.17, 15) is 0 Å². The van der Waals surface area contributed by atoms with Gasteiger partial charge in [-0.1, -0.05) is 74.3 Å². The molecule has 0 aromatic heterocycles. The highest BCUT2D eigenvalue weighted by Crippen LogP contribution is 2.80. The van der Waals surface area contributed by atoms with Crippen molar-refractivity contribution in [3.63, 3.8) is 0 Å². The fraction of sp³-hybridized carbons (Fsp3) is 0.636. The Balaban J connectivity index is 2.11. The first kappa shape index (κ1) is 20.0. The second kappa shape index (κ2) is 8.36. The summed E-state index contributed by atoms with van der Waals surface area (Å²) in [5.74, 6) is 0. The van der Waals surface area contributed by atoms with Gasteiger partial charge in [0.25, 0.3) is 0 Å². The number of unbranched alkanes of at least 4 members (excludes halogenated alkanes) is 2. The van der Waals surface area contributed by atoms with Crippen molar-refractivity contribution in [2.75, 3.05) is 25.0 Å². The molecule has 0 amide bonds. The third kappa shape index (κ3) is 4.25. The van der Waals surface area contributed by atoms with Gasteiger partial charge in [-0.05, 0) is 50.7 Å². The van der Waals surface area contributed by atoms with E-state index < -0.39 is 18.1 Å². The summed E-state index contributed by atoms with van der Waals surface area (Å²) in [7, 11) is -1.40. The first-order valence-corrected chi connectivity index (χ1v) is 15.1. The highest BCUT2D eigenvalue weighted by Gasteiger charge is 2.38. The molecule has 0 heterocycles. The Morgan fingerprint density at radius 3 is 1.42 bits per heavy atom. The summed E-state index contributed by atoms with van der Waals surface area (Å²) in [6.07, 6.45) is 33.1. The van der Waals surface area contributed by atoms with E-state index in [1.54, 1.807) is 11.1 Å². The van der Waals surface area contributed by atoms with E-state index in [-0.39, 0.29) is 0 Å². The van der Waals surface area contributed by atoms with Gasteiger partial charge in [0.15, 0.2) is 0 Å². The molecule has 0 bridgehead atoms. The van der Waals surface area contributed by atoms with Gasteiger partial charge in [-0.3, -0.25) is 0 Å². The van der Waals surface area contributed by atoms with Gasteiger partial charge in [-0.15, -0.1) is 0 Å². The lowest BCUT2D eigenvalue weighted by atomic mass is 10.1. The Labute approximate surface area is 153 Å². The Bertz CT molecular complexity index is 496. The third-order valence-electron chi connectivity index (χ3n) is 5.81. The Hall–Kier alpha value is -0.340. The van der Waals surface area contributed by atoms with Gasteiger partial charge in [0, 0.05) is 10.5 Å². The zero-order valence-electron chi connectivity index (χ0n) is 16.7. The summed E-state index contributed by atoms with van der Waals surface area (Å²) >= 11 is 0. The van der Waals surface area contributed by atoms with Crippen molar-refractivity contribution in [3.05, 3.63) is 47.6 Å². The minimum Gasteiger partial charge on any atom is -0.205 e. The minimum absolute atomic E-state index is 0.677. The van der Waals surface area contributed by atoms with Gasteiger partial charge >= 0.3 is 0 Å². The van der Waals surface area contributed by atoms with Crippen molar-refractivity contribution in [2.24, 2.45) is 0 Å². The quantitative estimate of drug-likeness (QED) is 0.380. The van der Waals surface area contributed by atoms with Crippen molar-refractivity contribution >= 4 is 18.1 Å². The van der Waals surface area contributed by atoms with Crippen molar-refractivity contribution in [2.45, 2.75) is 62.9 Å². The minimum atomic E-state index is -0.699. The second-order valence-electron chi connectivity index (χ2n) is 7.96. The number of hydrogen-bond acceptors (Lipinski definition) is 0. The molecule has 2 heteroatoms. The highest BCUT2D eigenvalue weighted by atomic mass is 33.2. The summed E-state index contributed by atoms with van der Waals surface area (Å²) in [5.41, 5.74) is 3.16. The van der Waals surface area contributed by atoms with Crippen LogP contribution in [0.2, 0.25) is 0 Å². The summed E-state index contributed by atoms with van der Waals surface area (Å²) < 4.78 is 0. The van der Waals surface area contributed by atoms with Crippen LogP contribution in [-0.4, -0.2) is 35.5 Å². The number of allylic oxidation sites excluding steroid dienone is 4. The molecule has 24 heavy (non-hydrogen) atoms. The zero-order chi connectivity index (χ0) is 17.8. The molecule has 2 aliphatic rings. The molecule has 0 aliphatic heterocycles. The van der Waals surface area contributed by atoms with Crippen LogP contribution in [0.1, 0.15) is 52.4 Å². The monoisotopic (exact) mass is 366 g/mol. The maximum atomic E-state index is 2.60. The molecule has 0 spiro atoms. The first-order chi connectivity index (χ1) is 11.3. The topological polar surface area (TPSA) is 0 Å². The van der Waals surface area contributed by atoms with Crippen molar-refractivity contribution in [3.8, 4) is 0 Å². The molecule has 0 saturated heterocycles. The fourth-order valence-corrected chi connectivity index (χ4v) is 10.7. The van der Waals surface area contributed by atoms with Crippen LogP contribution in [0.5, 0.6) is 0 Å². The highest BCUT2D eigenvalue weighted by molar-refractivity contribution is 9.08. The van der Waals surface area contributed by atoms with Crippen LogP contribution in [0.4, 0.5) is 0 Å². The SMILES string of the molecule is CCCCC1=CC(S(C)(C)S(C)(C)C2C=CC(CCCC)=C2)C=C1. The Morgan fingerprint density at radius 1 is 0.708 bits per heavy atom. The predicted molar refractivity (Wildman–Crippen MR) is 120 cm³/mol. The molecule has 2 rings (SSSR count). The molecular weight excluding hydrogens is 328 g/mol. The van der Waals surface area contributed by atoms with E-state index in [0.717, 1.165) is 0 Å². The molecule has 2 unspecified atom stereocenters. The van der Waals surface area contributed by atoms with Gasteiger partial charge in [0.05, 0.1) is 0 Å². The lowest BCUT2D eigenvalue weighted by Crippen LogP contribution is -2.23. The molecule has 0 aromatic carbocycles. The van der Waals surface area contributed by atoms with E-state index in [2.05, 4.69) is 75.3 Å². The average molecular weight is 367 g/mol. The van der Waals surface area contributed by atoms with Crippen molar-refractivity contribution in [1.29, 1.82) is 0 Å². The molecule has 0 N–H and O–H groups in total. The number of rotatable bonds is 9. The molecule has 138 valence electrons. The first-order valence-electron chi connectivity index (χ1n) is 9.55. The number of hydrogen-bond donors (Lipinski definition) is 0. The Kier molecular flexibility index (Phi) is 6.96. The molecule has 0 nitrogen and oxygen atoms in total. The van der Waals surface area contributed by atoms with Gasteiger partial charge in [-0.25, -0.2) is 18.1 Å². The summed E-state index contributed by atoms with van der Waals surface area (Å²) in [5, 5.41) is 1.35. The average Bonchev–Trinajstić information content (AvgIpc) is 3.20. The summed E-state index contributed by atoms with van der Waals surface area (Å²) in [6.45, 7) is 4.57. The van der Waals surface area contributed by atoms with Crippen LogP contribution in [-0.2, 0) is 0 Å². The summed E-state index contributed by atoms with van der Waals surface area (Å²) in [4.78, 5) is 0. The molecule has 0 aromatic rings. The lowest BCUT2D eigenvalue weighted by molar-refractivity contribution is 0.798. The Morgan fingerprint density at radius 2 is 1.08 bits per heavy atom.